The Bertz CT molecular complexity index is 757. The van der Waals surface area contributed by atoms with E-state index in [4.69, 9.17) is 15.3 Å². The lowest BCUT2D eigenvalue weighted by Gasteiger charge is -2.16. The van der Waals surface area contributed by atoms with E-state index in [-0.39, 0.29) is 19.0 Å². The summed E-state index contributed by atoms with van der Waals surface area (Å²) in [6, 6.07) is 10.4. The fraction of sp³-hybridized carbons (Fsp3) is 0.250. The van der Waals surface area contributed by atoms with Crippen LogP contribution in [0.15, 0.2) is 29.6 Å². The maximum Gasteiger partial charge on any atom is 0.255 e. The average Bonchev–Trinajstić information content (AvgIpc) is 2.98. The molecule has 0 saturated carbocycles. The van der Waals surface area contributed by atoms with Gasteiger partial charge in [0.1, 0.15) is 25.4 Å². The largest absolute Gasteiger partial charge is 0.487 e. The molecule has 0 aliphatic rings. The number of aryl methyl sites for hydroxylation is 1. The summed E-state index contributed by atoms with van der Waals surface area (Å²) < 4.78 is 5.64. The van der Waals surface area contributed by atoms with Crippen LogP contribution in [0.5, 0.6) is 5.75 Å². The van der Waals surface area contributed by atoms with Crippen LogP contribution in [0.2, 0.25) is 0 Å². The highest BCUT2D eigenvalue weighted by atomic mass is 32.1. The summed E-state index contributed by atoms with van der Waals surface area (Å²) in [5.74, 6) is 0.165. The Morgan fingerprint density at radius 1 is 1.35 bits per heavy atom. The average molecular weight is 326 g/mol. The molecule has 0 spiro atoms. The highest BCUT2D eigenvalue weighted by Gasteiger charge is 2.15. The second-order valence-electron chi connectivity index (χ2n) is 4.65. The fourth-order valence-corrected chi connectivity index (χ4v) is 2.50. The van der Waals surface area contributed by atoms with Crippen LogP contribution in [0.25, 0.3) is 0 Å². The zero-order chi connectivity index (χ0) is 16.7. The molecule has 1 aromatic carbocycles. The van der Waals surface area contributed by atoms with E-state index >= 15 is 0 Å². The Kier molecular flexibility index (Phi) is 5.67. The maximum absolute atomic E-state index is 12.3. The van der Waals surface area contributed by atoms with Gasteiger partial charge in [0.25, 0.3) is 5.91 Å². The van der Waals surface area contributed by atoms with Crippen LogP contribution in [0.3, 0.4) is 0 Å². The summed E-state index contributed by atoms with van der Waals surface area (Å²) in [6.07, 6.45) is 0. The maximum atomic E-state index is 12.3. The molecule has 1 amide bonds. The minimum atomic E-state index is -0.372. The van der Waals surface area contributed by atoms with E-state index in [1.54, 1.807) is 35.6 Å². The molecule has 0 radical (unpaired) electrons. The summed E-state index contributed by atoms with van der Waals surface area (Å²) in [4.78, 5) is 17.8. The highest BCUT2D eigenvalue weighted by molar-refractivity contribution is 7.09. The molecule has 0 atom stereocenters. The number of rotatable bonds is 6. The zero-order valence-electron chi connectivity index (χ0n) is 12.5. The van der Waals surface area contributed by atoms with Gasteiger partial charge in [-0.3, -0.25) is 4.79 Å². The quantitative estimate of drug-likeness (QED) is 0.761. The number of benzene rings is 1. The minimum Gasteiger partial charge on any atom is -0.487 e. The number of hydrogen-bond acceptors (Lipinski definition) is 6. The molecule has 23 heavy (non-hydrogen) atoms. The second-order valence-corrected chi connectivity index (χ2v) is 5.71. The Morgan fingerprint density at radius 3 is 2.70 bits per heavy atom. The number of carbonyl (C=O) groups is 1. The molecule has 0 N–H and O–H groups in total. The number of hydrogen-bond donors (Lipinski definition) is 0. The third-order valence-corrected chi connectivity index (χ3v) is 3.77. The van der Waals surface area contributed by atoms with Crippen molar-refractivity contribution in [3.8, 4) is 17.9 Å². The van der Waals surface area contributed by atoms with Crippen molar-refractivity contribution >= 4 is 17.2 Å². The third kappa shape index (κ3) is 4.53. The van der Waals surface area contributed by atoms with Crippen LogP contribution in [0.4, 0.5) is 0 Å². The van der Waals surface area contributed by atoms with Gasteiger partial charge in [0, 0.05) is 10.9 Å². The first-order chi connectivity index (χ1) is 11.1. The summed E-state index contributed by atoms with van der Waals surface area (Å²) >= 11 is 1.55. The number of carbonyl (C=O) groups excluding carboxylic acids is 1. The molecule has 2 aromatic rings. The summed E-state index contributed by atoms with van der Waals surface area (Å²) in [5.41, 5.74) is 1.21. The second kappa shape index (κ2) is 7.92. The topological polar surface area (TPSA) is 90.0 Å². The molecule has 2 rings (SSSR count). The first kappa shape index (κ1) is 16.5. The number of ether oxygens (including phenoxy) is 1. The number of nitrogens with zero attached hydrogens (tertiary/aromatic N) is 4. The van der Waals surface area contributed by atoms with Gasteiger partial charge in [-0.1, -0.05) is 6.07 Å². The Morgan fingerprint density at radius 2 is 2.09 bits per heavy atom. The summed E-state index contributed by atoms with van der Waals surface area (Å²) in [5, 5.41) is 20.4. The third-order valence-electron chi connectivity index (χ3n) is 2.94. The van der Waals surface area contributed by atoms with Gasteiger partial charge in [0.05, 0.1) is 22.8 Å². The van der Waals surface area contributed by atoms with E-state index in [2.05, 4.69) is 4.98 Å². The zero-order valence-corrected chi connectivity index (χ0v) is 13.3. The molecule has 1 aromatic heterocycles. The highest BCUT2D eigenvalue weighted by Crippen LogP contribution is 2.17. The molecule has 0 bridgehead atoms. The molecule has 7 heteroatoms. The lowest BCUT2D eigenvalue weighted by molar-refractivity contribution is 0.0794. The molecule has 6 nitrogen and oxygen atoms in total. The Balaban J connectivity index is 2.08. The van der Waals surface area contributed by atoms with E-state index in [9.17, 15) is 4.79 Å². The van der Waals surface area contributed by atoms with E-state index in [0.717, 1.165) is 10.7 Å². The van der Waals surface area contributed by atoms with Gasteiger partial charge in [-0.2, -0.15) is 10.5 Å². The van der Waals surface area contributed by atoms with Crippen LogP contribution in [-0.2, 0) is 6.61 Å². The van der Waals surface area contributed by atoms with Gasteiger partial charge in [-0.15, -0.1) is 11.3 Å². The van der Waals surface area contributed by atoms with Crippen LogP contribution in [0.1, 0.15) is 21.1 Å². The van der Waals surface area contributed by atoms with Crippen LogP contribution < -0.4 is 4.74 Å². The number of amides is 1. The van der Waals surface area contributed by atoms with Crippen molar-refractivity contribution in [2.24, 2.45) is 0 Å². The van der Waals surface area contributed by atoms with Crippen molar-refractivity contribution in [3.05, 3.63) is 45.9 Å². The van der Waals surface area contributed by atoms with E-state index in [0.29, 0.717) is 17.9 Å². The van der Waals surface area contributed by atoms with Crippen LogP contribution in [0, 0.1) is 29.6 Å². The van der Waals surface area contributed by atoms with Crippen molar-refractivity contribution in [1.29, 1.82) is 10.5 Å². The van der Waals surface area contributed by atoms with Gasteiger partial charge < -0.3 is 9.64 Å². The van der Waals surface area contributed by atoms with E-state index in [1.165, 1.54) is 4.90 Å². The van der Waals surface area contributed by atoms with Gasteiger partial charge in [0.2, 0.25) is 0 Å². The van der Waals surface area contributed by atoms with E-state index < -0.39 is 0 Å². The first-order valence-electron chi connectivity index (χ1n) is 6.81. The van der Waals surface area contributed by atoms with Crippen molar-refractivity contribution in [1.82, 2.24) is 9.88 Å². The molecule has 0 unspecified atom stereocenters. The van der Waals surface area contributed by atoms with Gasteiger partial charge in [-0.25, -0.2) is 4.98 Å². The van der Waals surface area contributed by atoms with Gasteiger partial charge in [0.15, 0.2) is 0 Å². The van der Waals surface area contributed by atoms with E-state index in [1.807, 2.05) is 24.4 Å². The minimum absolute atomic E-state index is 0.129. The number of aromatic nitrogens is 1. The SMILES string of the molecule is Cc1nc(COc2cccc(C(=O)N(CC#N)CC#N)c2)cs1. The smallest absolute Gasteiger partial charge is 0.255 e. The van der Waals surface area contributed by atoms with Crippen molar-refractivity contribution < 1.29 is 9.53 Å². The Labute approximate surface area is 138 Å². The van der Waals surface area contributed by atoms with Crippen molar-refractivity contribution in [2.45, 2.75) is 13.5 Å². The fourth-order valence-electron chi connectivity index (χ4n) is 1.90. The molecule has 0 saturated heterocycles. The molecule has 1 heterocycles. The number of thiazole rings is 1. The Hall–Kier alpha value is -2.90. The number of nitriles is 2. The van der Waals surface area contributed by atoms with Gasteiger partial charge in [-0.05, 0) is 25.1 Å². The standard InChI is InChI=1S/C16H14N4O2S/c1-12-19-14(11-23-12)10-22-15-4-2-3-13(9-15)16(21)20(7-5-17)8-6-18/h2-4,9,11H,7-8,10H2,1H3. The molecular formula is C16H14N4O2S. The summed E-state index contributed by atoms with van der Waals surface area (Å²) in [6.45, 7) is 1.99. The van der Waals surface area contributed by atoms with Crippen LogP contribution in [-0.4, -0.2) is 28.9 Å². The monoisotopic (exact) mass is 326 g/mol. The molecule has 116 valence electrons. The molecule has 0 aliphatic carbocycles. The van der Waals surface area contributed by atoms with Crippen LogP contribution >= 0.6 is 11.3 Å². The predicted octanol–water partition coefficient (Wildman–Crippen LogP) is 2.52. The van der Waals surface area contributed by atoms with Crippen molar-refractivity contribution in [2.75, 3.05) is 13.1 Å². The lowest BCUT2D eigenvalue weighted by Crippen LogP contribution is -2.31. The normalized spacial score (nSPS) is 9.70. The first-order valence-corrected chi connectivity index (χ1v) is 7.69. The molecule has 0 aliphatic heterocycles. The molecule has 0 fully saturated rings. The molecular weight excluding hydrogens is 312 g/mol. The summed E-state index contributed by atoms with van der Waals surface area (Å²) in [7, 11) is 0. The van der Waals surface area contributed by atoms with Crippen molar-refractivity contribution in [3.63, 3.8) is 0 Å². The van der Waals surface area contributed by atoms with Gasteiger partial charge >= 0.3 is 0 Å². The lowest BCUT2D eigenvalue weighted by atomic mass is 10.2. The predicted molar refractivity (Wildman–Crippen MR) is 84.8 cm³/mol.